The Morgan fingerprint density at radius 1 is 1.16 bits per heavy atom. The van der Waals surface area contributed by atoms with Crippen LogP contribution in [0.15, 0.2) is 29.5 Å². The molecular weight excluding hydrogens is 409 g/mol. The number of hydrogen-bond donors (Lipinski definition) is 1. The average Bonchev–Trinajstić information content (AvgIpc) is 3.30. The first-order valence-electron chi connectivity index (χ1n) is 10.2. The van der Waals surface area contributed by atoms with E-state index in [2.05, 4.69) is 15.1 Å². The van der Waals surface area contributed by atoms with E-state index >= 15 is 0 Å². The van der Waals surface area contributed by atoms with Crippen LogP contribution in [0.1, 0.15) is 37.3 Å². The zero-order valence-electron chi connectivity index (χ0n) is 16.6. The summed E-state index contributed by atoms with van der Waals surface area (Å²) in [6.45, 7) is 1.07. The summed E-state index contributed by atoms with van der Waals surface area (Å²) in [6, 6.07) is 2.78. The van der Waals surface area contributed by atoms with Gasteiger partial charge < -0.3 is 10.6 Å². The minimum Gasteiger partial charge on any atom is -0.381 e. The van der Waals surface area contributed by atoms with E-state index in [0.29, 0.717) is 37.4 Å². The minimum absolute atomic E-state index is 0.139. The number of nitrogens with zero attached hydrogens (tertiary/aromatic N) is 5. The highest BCUT2D eigenvalue weighted by Gasteiger charge is 2.57. The Labute approximate surface area is 176 Å². The molecule has 2 aromatic rings. The molecule has 3 aliphatic rings. The molecule has 2 aliphatic heterocycles. The number of benzene rings is 1. The number of halogens is 3. The largest absolute Gasteiger partial charge is 0.381 e. The lowest BCUT2D eigenvalue weighted by Crippen LogP contribution is -2.48. The van der Waals surface area contributed by atoms with Crippen LogP contribution in [0.3, 0.4) is 0 Å². The maximum Gasteiger partial charge on any atom is 0.247 e. The molecule has 10 heteroatoms. The van der Waals surface area contributed by atoms with Gasteiger partial charge >= 0.3 is 0 Å². The molecule has 1 saturated heterocycles. The summed E-state index contributed by atoms with van der Waals surface area (Å²) < 4.78 is 40.9. The predicted molar refractivity (Wildman–Crippen MR) is 107 cm³/mol. The molecule has 1 aromatic carbocycles. The quantitative estimate of drug-likeness (QED) is 0.809. The standard InChI is InChI=1S/C21H21F3N6O/c22-13-7-12(8-14(23)9-13)17-1-5-27-30(17)19(31)15-2-6-29(11-21(15)3-4-21)20-26-10-16(24)18(25)28-20/h5,7-10,15,17H,1-4,6,11H2,(H2,25,26,28). The lowest BCUT2D eigenvalue weighted by molar-refractivity contribution is -0.140. The number of piperidine rings is 1. The van der Waals surface area contributed by atoms with E-state index in [9.17, 15) is 18.0 Å². The molecule has 2 unspecified atom stereocenters. The fraction of sp³-hybridized carbons (Fsp3) is 0.429. The van der Waals surface area contributed by atoms with E-state index in [4.69, 9.17) is 5.73 Å². The first kappa shape index (κ1) is 19.8. The maximum atomic E-state index is 13.7. The van der Waals surface area contributed by atoms with Crippen molar-refractivity contribution in [2.75, 3.05) is 23.7 Å². The van der Waals surface area contributed by atoms with Gasteiger partial charge in [-0.1, -0.05) is 0 Å². The van der Waals surface area contributed by atoms with Gasteiger partial charge in [-0.25, -0.2) is 23.2 Å². The van der Waals surface area contributed by atoms with Crippen molar-refractivity contribution in [1.29, 1.82) is 0 Å². The molecule has 1 saturated carbocycles. The SMILES string of the molecule is Nc1nc(N2CCC(C(=O)N3N=CCC3c3cc(F)cc(F)c3)C3(CC3)C2)ncc1F. The molecule has 1 spiro atoms. The molecule has 7 nitrogen and oxygen atoms in total. The molecule has 1 amide bonds. The zero-order valence-corrected chi connectivity index (χ0v) is 16.6. The van der Waals surface area contributed by atoms with Crippen molar-refractivity contribution in [2.24, 2.45) is 16.4 Å². The van der Waals surface area contributed by atoms with Gasteiger partial charge in [0.1, 0.15) is 11.6 Å². The van der Waals surface area contributed by atoms with Crippen LogP contribution in [0.5, 0.6) is 0 Å². The van der Waals surface area contributed by atoms with Crippen molar-refractivity contribution in [3.05, 3.63) is 47.4 Å². The van der Waals surface area contributed by atoms with E-state index in [1.54, 1.807) is 6.21 Å². The van der Waals surface area contributed by atoms with E-state index in [1.807, 2.05) is 4.90 Å². The Bertz CT molecular complexity index is 1050. The van der Waals surface area contributed by atoms with Crippen LogP contribution in [0, 0.1) is 28.8 Å². The molecule has 2 atom stereocenters. The summed E-state index contributed by atoms with van der Waals surface area (Å²) in [6.07, 6.45) is 5.35. The number of rotatable bonds is 3. The summed E-state index contributed by atoms with van der Waals surface area (Å²) >= 11 is 0. The molecular formula is C21H21F3N6O. The molecule has 162 valence electrons. The fourth-order valence-electron chi connectivity index (χ4n) is 4.74. The highest BCUT2D eigenvalue weighted by molar-refractivity contribution is 5.83. The molecule has 5 rings (SSSR count). The molecule has 3 heterocycles. The second-order valence-corrected chi connectivity index (χ2v) is 8.46. The van der Waals surface area contributed by atoms with Crippen molar-refractivity contribution in [1.82, 2.24) is 15.0 Å². The van der Waals surface area contributed by atoms with Gasteiger partial charge in [0.2, 0.25) is 11.9 Å². The molecule has 1 aliphatic carbocycles. The zero-order chi connectivity index (χ0) is 21.8. The van der Waals surface area contributed by atoms with Crippen LogP contribution in [0.25, 0.3) is 0 Å². The first-order valence-corrected chi connectivity index (χ1v) is 10.2. The van der Waals surface area contributed by atoms with Crippen LogP contribution in [0.2, 0.25) is 0 Å². The average molecular weight is 430 g/mol. The maximum absolute atomic E-state index is 13.7. The second-order valence-electron chi connectivity index (χ2n) is 8.46. The Hall–Kier alpha value is -3.17. The van der Waals surface area contributed by atoms with Gasteiger partial charge in [-0.05, 0) is 42.4 Å². The molecule has 2 fully saturated rings. The van der Waals surface area contributed by atoms with Crippen molar-refractivity contribution in [3.63, 3.8) is 0 Å². The van der Waals surface area contributed by atoms with Gasteiger partial charge in [-0.15, -0.1) is 0 Å². The summed E-state index contributed by atoms with van der Waals surface area (Å²) in [5.74, 6) is -2.29. The number of anilines is 2. The van der Waals surface area contributed by atoms with Crippen LogP contribution < -0.4 is 10.6 Å². The monoisotopic (exact) mass is 430 g/mol. The van der Waals surface area contributed by atoms with E-state index < -0.39 is 23.5 Å². The molecule has 1 aromatic heterocycles. The Morgan fingerprint density at radius 3 is 2.58 bits per heavy atom. The number of carbonyl (C=O) groups is 1. The summed E-state index contributed by atoms with van der Waals surface area (Å²) in [5, 5.41) is 5.61. The number of nitrogen functional groups attached to an aromatic ring is 1. The Morgan fingerprint density at radius 2 is 1.90 bits per heavy atom. The summed E-state index contributed by atoms with van der Waals surface area (Å²) in [5.41, 5.74) is 5.73. The van der Waals surface area contributed by atoms with Gasteiger partial charge in [0, 0.05) is 37.7 Å². The number of hydrazone groups is 1. The summed E-state index contributed by atoms with van der Waals surface area (Å²) in [4.78, 5) is 23.5. The van der Waals surface area contributed by atoms with Gasteiger partial charge in [-0.3, -0.25) is 4.79 Å². The first-order chi connectivity index (χ1) is 14.9. The van der Waals surface area contributed by atoms with Gasteiger partial charge in [0.15, 0.2) is 11.6 Å². The number of carbonyl (C=O) groups excluding carboxylic acids is 1. The van der Waals surface area contributed by atoms with Crippen molar-refractivity contribution >= 4 is 23.9 Å². The van der Waals surface area contributed by atoms with Crippen LogP contribution in [-0.2, 0) is 4.79 Å². The lowest BCUT2D eigenvalue weighted by atomic mass is 9.81. The van der Waals surface area contributed by atoms with Crippen LogP contribution in [-0.4, -0.2) is 40.2 Å². The topological polar surface area (TPSA) is 87.7 Å². The summed E-state index contributed by atoms with van der Waals surface area (Å²) in [7, 11) is 0. The highest BCUT2D eigenvalue weighted by Crippen LogP contribution is 2.57. The molecule has 0 radical (unpaired) electrons. The van der Waals surface area contributed by atoms with Crippen LogP contribution in [0.4, 0.5) is 24.9 Å². The Kier molecular flexibility index (Phi) is 4.60. The number of amides is 1. The van der Waals surface area contributed by atoms with Crippen molar-refractivity contribution in [2.45, 2.75) is 31.7 Å². The molecule has 2 N–H and O–H groups in total. The van der Waals surface area contributed by atoms with E-state index in [1.165, 1.54) is 17.1 Å². The minimum atomic E-state index is -0.681. The fourth-order valence-corrected chi connectivity index (χ4v) is 4.74. The van der Waals surface area contributed by atoms with Gasteiger partial charge in [-0.2, -0.15) is 10.1 Å². The normalized spacial score (nSPS) is 24.1. The third-order valence-corrected chi connectivity index (χ3v) is 6.49. The second kappa shape index (κ2) is 7.21. The van der Waals surface area contributed by atoms with E-state index in [-0.39, 0.29) is 23.1 Å². The highest BCUT2D eigenvalue weighted by atomic mass is 19.1. The lowest BCUT2D eigenvalue weighted by Gasteiger charge is -2.40. The predicted octanol–water partition coefficient (Wildman–Crippen LogP) is 3.04. The third-order valence-electron chi connectivity index (χ3n) is 6.49. The molecule has 0 bridgehead atoms. The van der Waals surface area contributed by atoms with Crippen LogP contribution >= 0.6 is 0 Å². The number of hydrogen-bond acceptors (Lipinski definition) is 6. The van der Waals surface area contributed by atoms with Crippen molar-refractivity contribution in [3.8, 4) is 0 Å². The number of aromatic nitrogens is 2. The van der Waals surface area contributed by atoms with Gasteiger partial charge in [0.25, 0.3) is 0 Å². The van der Waals surface area contributed by atoms with Crippen molar-refractivity contribution < 1.29 is 18.0 Å². The number of nitrogens with two attached hydrogens (primary N) is 1. The molecule has 31 heavy (non-hydrogen) atoms. The Balaban J connectivity index is 1.35. The smallest absolute Gasteiger partial charge is 0.247 e. The third kappa shape index (κ3) is 3.49. The van der Waals surface area contributed by atoms with Gasteiger partial charge in [0.05, 0.1) is 12.2 Å². The van der Waals surface area contributed by atoms with E-state index in [0.717, 1.165) is 25.1 Å².